The number of carbonyl (C=O) groups is 6. The van der Waals surface area contributed by atoms with Crippen molar-refractivity contribution in [1.29, 1.82) is 0 Å². The molecule has 3 saturated carbocycles. The van der Waals surface area contributed by atoms with Gasteiger partial charge in [-0.05, 0) is 198 Å². The maximum absolute atomic E-state index is 14.2. The number of halogens is 13. The number of aryl methyl sites for hydroxylation is 3. The number of fused-ring (bicyclic) bond motifs is 3. The maximum atomic E-state index is 14.2. The van der Waals surface area contributed by atoms with E-state index in [2.05, 4.69) is 85.0 Å². The van der Waals surface area contributed by atoms with Crippen LogP contribution in [-0.4, -0.2) is 164 Å². The van der Waals surface area contributed by atoms with Gasteiger partial charge in [-0.2, -0.15) is 0 Å². The molecule has 0 aromatic heterocycles. The van der Waals surface area contributed by atoms with E-state index in [1.165, 1.54) is 91.7 Å². The van der Waals surface area contributed by atoms with Crippen molar-refractivity contribution in [2.45, 2.75) is 172 Å². The van der Waals surface area contributed by atoms with Crippen molar-refractivity contribution in [2.24, 2.45) is 35.5 Å². The maximum Gasteiger partial charge on any atom is 1.00 e. The Balaban J connectivity index is 0.000000336. The number of nitrogens with zero attached hydrogens (tertiary/aromatic N) is 4. The van der Waals surface area contributed by atoms with Crippen LogP contribution in [0.4, 0.5) is 73.6 Å². The molecule has 144 heavy (non-hydrogen) atoms. The second kappa shape index (κ2) is 54.2. The molecule has 3 aliphatic carbocycles. The molecular weight excluding hydrogens is 2020 g/mol. The Morgan fingerprint density at radius 3 is 1.03 bits per heavy atom. The first-order chi connectivity index (χ1) is 65.2. The molecule has 0 saturated heterocycles. The van der Waals surface area contributed by atoms with E-state index in [9.17, 15) is 73.4 Å². The molecular formula is C104H125BrCl3F9LiN7O19. The number of carboxylic acids is 1. The molecule has 40 heteroatoms. The predicted octanol–water partition coefficient (Wildman–Crippen LogP) is 21.4. The van der Waals surface area contributed by atoms with Crippen LogP contribution in [0.25, 0.3) is 0 Å². The fourth-order valence-corrected chi connectivity index (χ4v) is 18.0. The summed E-state index contributed by atoms with van der Waals surface area (Å²) in [6, 6.07) is 42.4. The molecule has 782 valence electrons. The van der Waals surface area contributed by atoms with Gasteiger partial charge in [0.1, 0.15) is 68.7 Å². The number of carbonyl (C=O) groups excluding carboxylic acids is 5. The number of alkyl halides is 10. The number of methoxy groups -OCH3 is 5. The van der Waals surface area contributed by atoms with Crippen molar-refractivity contribution in [3.8, 4) is 51.7 Å². The number of rotatable bonds is 31. The van der Waals surface area contributed by atoms with Crippen LogP contribution in [0.3, 0.4) is 0 Å². The van der Waals surface area contributed by atoms with E-state index >= 15 is 0 Å². The first-order valence-electron chi connectivity index (χ1n) is 44.2. The average molecular weight is 2140 g/mol. The Morgan fingerprint density at radius 1 is 0.438 bits per heavy atom. The monoisotopic (exact) mass is 2140 g/mol. The van der Waals surface area contributed by atoms with Crippen LogP contribution in [0.1, 0.15) is 151 Å². The van der Waals surface area contributed by atoms with Crippen LogP contribution in [0, 0.1) is 56.3 Å². The number of ether oxygens (including phenoxy) is 11. The number of hydrogen-bond donors (Lipinski definition) is 4. The standard InChI is InChI=1S/C31H30ClF3N2O6.C30H28ClF3N2O6.C18H14BrClF3NO2.C13H17NO4.C8H19N.4CH4.Li.H2O/c1-17-10-20(32)5-7-25(17)28(29(38)37-9-8-18-4-6-22(15-27(18)37)43-31(33,34)35)36-21-12-23(40-2)14-24(13-21)42-16-19-11-26(19)30(39)41-3;1-16-9-19(31)4-6-24(16)27(28(37)36-8-7-17-3-5-21(14-26(17)36)42-30(32,33)34)35-20-11-22(40-2)13-23(12-20)41-15-18-10-25(18)29(38)39;1-10-8-12(20)3-5-14(10)16(19)17(25)24-7-6-11-2-4-13(9-15(11)24)26-18(21,22)23;1-16-10-4-9(14)5-11(6-10)18-7-8-3-12(8)13(15)17-2;1-6-9(7(2)3)8(4)5;;;;;;/h4-7,10,12-15,19,26,28,36H,8-9,11,16H2,1-3H3;3-6,9,11-14,18,25,27,35H,7-8,10,15H2,1-2H3,(H,38,39);2-5,8-9,16H,6-7H2,1H3;4-6,8,12H,3,7,14H2,1-2H3;7-8H,6H2,1-5H3;4*1H4;;1H2/q;;;;;;;;;+1;/p-1/t19-,26?,28?;18-,25+,27?;;8-,12+;;;;;;;/m11.1......./s1. The van der Waals surface area contributed by atoms with E-state index in [0.29, 0.717) is 159 Å². The van der Waals surface area contributed by atoms with E-state index in [1.54, 1.807) is 122 Å². The molecule has 4 unspecified atom stereocenters. The minimum Gasteiger partial charge on any atom is -0.870 e. The molecule has 3 amide bonds. The summed E-state index contributed by atoms with van der Waals surface area (Å²) in [5.41, 5.74) is 15.0. The Hall–Kier alpha value is -11.4. The summed E-state index contributed by atoms with van der Waals surface area (Å²) in [7, 11) is 7.32. The minimum absolute atomic E-state index is 0. The number of nitrogens with two attached hydrogens (primary N) is 1. The molecule has 0 bridgehead atoms. The van der Waals surface area contributed by atoms with Crippen LogP contribution < -0.4 is 92.6 Å². The fraction of sp³-hybridized carbons (Fsp3) is 0.423. The number of anilines is 6. The largest absolute Gasteiger partial charge is 1.00 e. The molecule has 0 radical (unpaired) electrons. The summed E-state index contributed by atoms with van der Waals surface area (Å²) in [5.74, 6) is -0.757. The summed E-state index contributed by atoms with van der Waals surface area (Å²) in [5, 5.41) is 17.3. The molecule has 9 atom stereocenters. The summed E-state index contributed by atoms with van der Waals surface area (Å²) < 4.78 is 170. The van der Waals surface area contributed by atoms with Crippen molar-refractivity contribution in [2.75, 3.05) is 113 Å². The van der Waals surface area contributed by atoms with Crippen molar-refractivity contribution >= 4 is 120 Å². The number of nitrogens with one attached hydrogen (secondary N) is 2. The van der Waals surface area contributed by atoms with Crippen molar-refractivity contribution < 1.29 is 150 Å². The van der Waals surface area contributed by atoms with Crippen LogP contribution in [0.2, 0.25) is 15.1 Å². The van der Waals surface area contributed by atoms with Gasteiger partial charge in [0.05, 0.1) is 90.2 Å². The SMILES string of the molecule is C.C.C.C.CCN(C(C)C)C(C)C.COC(=O)C1C[C@@H]1COc1cc(NC(C(=O)N2CCc3ccc(OC(F)(F)F)cc32)c2ccc(Cl)cc2C)cc(OC)c1.COC(=O)[C@H]1C[C@@H]1COc1cc(N)cc(OC)c1.COc1cc(NC(C(=O)N2CCc3ccc(OC(F)(F)F)cc32)c2ccc(Cl)cc2C)cc(OC[C@H]2C[C@@H]2C(=O)O)c1.Cc1cc(Cl)ccc1C(Br)C(=O)N1CCc2ccc(OC(F)(F)F)cc21.[Li+].[OH-]. The van der Waals surface area contributed by atoms with E-state index in [-0.39, 0.29) is 133 Å². The van der Waals surface area contributed by atoms with Gasteiger partial charge >= 0.3 is 55.9 Å². The Morgan fingerprint density at radius 2 is 0.736 bits per heavy atom. The zero-order chi connectivity index (χ0) is 101. The van der Waals surface area contributed by atoms with Gasteiger partial charge in [0.25, 0.3) is 11.8 Å². The molecule has 3 fully saturated rings. The molecule has 6 N–H and O–H groups in total. The van der Waals surface area contributed by atoms with Gasteiger partial charge in [-0.1, -0.05) is 124 Å². The average Bonchev–Trinajstić information content (AvgIpc) is 1.68. The molecule has 9 aromatic rings. The summed E-state index contributed by atoms with van der Waals surface area (Å²) in [6.07, 6.45) is -10.9. The molecule has 6 aliphatic rings. The number of amides is 3. The zero-order valence-corrected chi connectivity index (χ0v) is 83.1. The topological polar surface area (TPSA) is 317 Å². The van der Waals surface area contributed by atoms with Crippen molar-refractivity contribution in [1.82, 2.24) is 4.90 Å². The minimum atomic E-state index is -4.87. The third-order valence-corrected chi connectivity index (χ3v) is 25.4. The number of hydrogen-bond acceptors (Lipinski definition) is 22. The molecule has 26 nitrogen and oxygen atoms in total. The smallest absolute Gasteiger partial charge is 0.870 e. The van der Waals surface area contributed by atoms with Crippen molar-refractivity contribution in [3.05, 3.63) is 229 Å². The second-order valence-corrected chi connectivity index (χ2v) is 36.4. The number of esters is 2. The first-order valence-corrected chi connectivity index (χ1v) is 46.2. The fourth-order valence-electron chi connectivity index (χ4n) is 16.6. The number of carboxylic acid groups (broad SMARTS) is 1. The summed E-state index contributed by atoms with van der Waals surface area (Å²) in [4.78, 5) is 81.7. The second-order valence-electron chi connectivity index (χ2n) is 34.1. The zero-order valence-electron chi connectivity index (χ0n) is 79.2. The molecule has 3 heterocycles. The van der Waals surface area contributed by atoms with Gasteiger partial charge in [-0.15, -0.1) is 39.5 Å². The Bertz CT molecular complexity index is 5850. The Labute approximate surface area is 870 Å². The number of benzene rings is 9. The molecule has 15 rings (SSSR count). The van der Waals surface area contributed by atoms with E-state index in [0.717, 1.165) is 51.9 Å². The molecule has 9 aromatic carbocycles. The van der Waals surface area contributed by atoms with E-state index in [4.69, 9.17) is 73.7 Å². The van der Waals surface area contributed by atoms with Gasteiger partial charge in [0.2, 0.25) is 5.91 Å². The van der Waals surface area contributed by atoms with Gasteiger partial charge in [0, 0.05) is 154 Å². The van der Waals surface area contributed by atoms with Gasteiger partial charge in [-0.3, -0.25) is 33.7 Å². The van der Waals surface area contributed by atoms with Crippen LogP contribution in [0.5, 0.6) is 51.7 Å². The van der Waals surface area contributed by atoms with Crippen LogP contribution in [0.15, 0.2) is 164 Å². The van der Waals surface area contributed by atoms with Crippen LogP contribution in [-0.2, 0) is 57.5 Å². The van der Waals surface area contributed by atoms with E-state index < -0.39 is 65.3 Å². The van der Waals surface area contributed by atoms with Gasteiger partial charge in [0.15, 0.2) is 0 Å². The van der Waals surface area contributed by atoms with E-state index in [1.807, 2.05) is 20.8 Å². The van der Waals surface area contributed by atoms with Crippen molar-refractivity contribution in [3.63, 3.8) is 0 Å². The third-order valence-electron chi connectivity index (χ3n) is 23.8. The predicted molar refractivity (Wildman–Crippen MR) is 538 cm³/mol. The number of nitrogen functional groups attached to an aromatic ring is 1. The normalized spacial score (nSPS) is 16.8. The number of aliphatic carboxylic acids is 1. The molecule has 0 spiro atoms. The third kappa shape index (κ3) is 34.1. The summed E-state index contributed by atoms with van der Waals surface area (Å²) in [6.45, 7) is 19.8. The quantitative estimate of drug-likeness (QED) is 0.0103. The Kier molecular flexibility index (Phi) is 46.3. The van der Waals surface area contributed by atoms with Crippen LogP contribution >= 0.6 is 50.7 Å². The molecule has 3 aliphatic heterocycles. The van der Waals surface area contributed by atoms with Gasteiger partial charge < -0.3 is 93.8 Å². The first kappa shape index (κ1) is 123. The summed E-state index contributed by atoms with van der Waals surface area (Å²) >= 11 is 21.8. The van der Waals surface area contributed by atoms with Gasteiger partial charge in [-0.25, -0.2) is 0 Å².